The summed E-state index contributed by atoms with van der Waals surface area (Å²) in [5.74, 6) is -0.480. The quantitative estimate of drug-likeness (QED) is 0.708. The van der Waals surface area contributed by atoms with Crippen molar-refractivity contribution in [3.8, 4) is 0 Å². The van der Waals surface area contributed by atoms with Crippen LogP contribution < -0.4 is 5.73 Å². The van der Waals surface area contributed by atoms with Crippen molar-refractivity contribution in [1.29, 1.82) is 0 Å². The lowest BCUT2D eigenvalue weighted by atomic mass is 9.91. The van der Waals surface area contributed by atoms with Crippen LogP contribution in [0, 0.1) is 0 Å². The van der Waals surface area contributed by atoms with Gasteiger partial charge in [-0.2, -0.15) is 0 Å². The fourth-order valence-electron chi connectivity index (χ4n) is 0.990. The molecule has 0 atom stereocenters. The Morgan fingerprint density at radius 1 is 1.38 bits per heavy atom. The van der Waals surface area contributed by atoms with Crippen LogP contribution in [0.25, 0.3) is 0 Å². The standard InChI is InChI=1S/C10H14N2O/c1-10(2,3)8-6-4-5-7(12-8)9(11)13/h4-6H,1-3H3,(H2,11,13). The fraction of sp³-hybridized carbons (Fsp3) is 0.400. The largest absolute Gasteiger partial charge is 0.364 e. The number of rotatable bonds is 1. The number of nitrogens with zero attached hydrogens (tertiary/aromatic N) is 1. The summed E-state index contributed by atoms with van der Waals surface area (Å²) in [6, 6.07) is 5.32. The number of aromatic nitrogens is 1. The highest BCUT2D eigenvalue weighted by Gasteiger charge is 2.16. The van der Waals surface area contributed by atoms with E-state index in [-0.39, 0.29) is 5.41 Å². The summed E-state index contributed by atoms with van der Waals surface area (Å²) in [6.45, 7) is 6.13. The minimum absolute atomic E-state index is 0.0501. The van der Waals surface area contributed by atoms with Crippen LogP contribution in [0.3, 0.4) is 0 Å². The number of amides is 1. The smallest absolute Gasteiger partial charge is 0.267 e. The number of nitrogens with two attached hydrogens (primary N) is 1. The second kappa shape index (κ2) is 3.17. The Kier molecular flexibility index (Phi) is 2.36. The molecule has 0 unspecified atom stereocenters. The van der Waals surface area contributed by atoms with Crippen LogP contribution in [-0.4, -0.2) is 10.9 Å². The molecule has 1 heterocycles. The van der Waals surface area contributed by atoms with Gasteiger partial charge in [0.25, 0.3) is 5.91 Å². The molecule has 0 aliphatic heterocycles. The monoisotopic (exact) mass is 178 g/mol. The predicted molar refractivity (Wildman–Crippen MR) is 51.5 cm³/mol. The zero-order valence-electron chi connectivity index (χ0n) is 8.16. The van der Waals surface area contributed by atoms with Gasteiger partial charge in [-0.15, -0.1) is 0 Å². The van der Waals surface area contributed by atoms with E-state index >= 15 is 0 Å². The SMILES string of the molecule is CC(C)(C)c1cccc(C(N)=O)n1. The molecule has 2 N–H and O–H groups in total. The summed E-state index contributed by atoms with van der Waals surface area (Å²) in [5, 5.41) is 0. The van der Waals surface area contributed by atoms with Gasteiger partial charge in [0.15, 0.2) is 0 Å². The highest BCUT2D eigenvalue weighted by atomic mass is 16.1. The van der Waals surface area contributed by atoms with Gasteiger partial charge in [-0.05, 0) is 12.1 Å². The first-order chi connectivity index (χ1) is 5.91. The van der Waals surface area contributed by atoms with Crippen LogP contribution in [0.5, 0.6) is 0 Å². The normalized spacial score (nSPS) is 11.3. The van der Waals surface area contributed by atoms with Gasteiger partial charge in [0, 0.05) is 11.1 Å². The van der Waals surface area contributed by atoms with Crippen LogP contribution >= 0.6 is 0 Å². The summed E-state index contributed by atoms with van der Waals surface area (Å²) in [4.78, 5) is 15.0. The Morgan fingerprint density at radius 3 is 2.46 bits per heavy atom. The zero-order chi connectivity index (χ0) is 10.1. The maximum absolute atomic E-state index is 10.8. The Morgan fingerprint density at radius 2 is 2.00 bits per heavy atom. The molecule has 0 aliphatic rings. The van der Waals surface area contributed by atoms with Crippen LogP contribution in [0.2, 0.25) is 0 Å². The molecule has 0 spiro atoms. The second-order valence-electron chi connectivity index (χ2n) is 4.02. The molecule has 0 aliphatic carbocycles. The molecular formula is C10H14N2O. The van der Waals surface area contributed by atoms with E-state index in [1.807, 2.05) is 26.8 Å². The maximum Gasteiger partial charge on any atom is 0.267 e. The van der Waals surface area contributed by atoms with Crippen molar-refractivity contribution in [2.24, 2.45) is 5.73 Å². The van der Waals surface area contributed by atoms with Crippen LogP contribution in [0.1, 0.15) is 37.0 Å². The van der Waals surface area contributed by atoms with Gasteiger partial charge < -0.3 is 5.73 Å². The van der Waals surface area contributed by atoms with Gasteiger partial charge in [-0.25, -0.2) is 4.98 Å². The third-order valence-corrected chi connectivity index (χ3v) is 1.77. The third kappa shape index (κ3) is 2.28. The van der Waals surface area contributed by atoms with Crippen molar-refractivity contribution in [3.63, 3.8) is 0 Å². The van der Waals surface area contributed by atoms with Gasteiger partial charge in [0.2, 0.25) is 0 Å². The molecule has 1 amide bonds. The predicted octanol–water partition coefficient (Wildman–Crippen LogP) is 1.48. The number of primary amides is 1. The van der Waals surface area contributed by atoms with E-state index < -0.39 is 5.91 Å². The number of carbonyl (C=O) groups is 1. The molecular weight excluding hydrogens is 164 g/mol. The van der Waals surface area contributed by atoms with Crippen molar-refractivity contribution in [1.82, 2.24) is 4.98 Å². The minimum Gasteiger partial charge on any atom is -0.364 e. The summed E-state index contributed by atoms with van der Waals surface area (Å²) < 4.78 is 0. The molecule has 0 fully saturated rings. The summed E-state index contributed by atoms with van der Waals surface area (Å²) in [6.07, 6.45) is 0. The van der Waals surface area contributed by atoms with Crippen molar-refractivity contribution < 1.29 is 4.79 Å². The number of hydrogen-bond acceptors (Lipinski definition) is 2. The molecule has 70 valence electrons. The lowest BCUT2D eigenvalue weighted by Crippen LogP contribution is -2.18. The molecule has 3 heteroatoms. The molecule has 0 saturated carbocycles. The molecule has 0 bridgehead atoms. The van der Waals surface area contributed by atoms with E-state index in [2.05, 4.69) is 4.98 Å². The summed E-state index contributed by atoms with van der Waals surface area (Å²) >= 11 is 0. The number of pyridine rings is 1. The summed E-state index contributed by atoms with van der Waals surface area (Å²) in [5.41, 5.74) is 6.28. The van der Waals surface area contributed by atoms with Gasteiger partial charge >= 0.3 is 0 Å². The molecule has 0 saturated heterocycles. The fourth-order valence-corrected chi connectivity index (χ4v) is 0.990. The van der Waals surface area contributed by atoms with E-state index in [0.717, 1.165) is 5.69 Å². The van der Waals surface area contributed by atoms with Gasteiger partial charge in [-0.3, -0.25) is 4.79 Å². The van der Waals surface area contributed by atoms with Crippen molar-refractivity contribution >= 4 is 5.91 Å². The van der Waals surface area contributed by atoms with E-state index in [9.17, 15) is 4.79 Å². The number of hydrogen-bond donors (Lipinski definition) is 1. The Hall–Kier alpha value is -1.38. The van der Waals surface area contributed by atoms with E-state index in [0.29, 0.717) is 5.69 Å². The molecule has 1 rings (SSSR count). The van der Waals surface area contributed by atoms with Crippen LogP contribution in [-0.2, 0) is 5.41 Å². The lowest BCUT2D eigenvalue weighted by molar-refractivity contribution is 0.0995. The minimum atomic E-state index is -0.480. The van der Waals surface area contributed by atoms with E-state index in [1.54, 1.807) is 12.1 Å². The first-order valence-electron chi connectivity index (χ1n) is 4.18. The topological polar surface area (TPSA) is 56.0 Å². The van der Waals surface area contributed by atoms with Crippen molar-refractivity contribution in [3.05, 3.63) is 29.6 Å². The Bertz CT molecular complexity index is 326. The highest BCUT2D eigenvalue weighted by Crippen LogP contribution is 2.19. The Labute approximate surface area is 78.0 Å². The first-order valence-corrected chi connectivity index (χ1v) is 4.18. The second-order valence-corrected chi connectivity index (χ2v) is 4.02. The zero-order valence-corrected chi connectivity index (χ0v) is 8.16. The molecule has 1 aromatic heterocycles. The number of carbonyl (C=O) groups excluding carboxylic acids is 1. The Balaban J connectivity index is 3.13. The van der Waals surface area contributed by atoms with Crippen LogP contribution in [0.4, 0.5) is 0 Å². The van der Waals surface area contributed by atoms with E-state index in [4.69, 9.17) is 5.73 Å². The molecule has 0 radical (unpaired) electrons. The molecule has 0 aromatic carbocycles. The van der Waals surface area contributed by atoms with Crippen molar-refractivity contribution in [2.45, 2.75) is 26.2 Å². The highest BCUT2D eigenvalue weighted by molar-refractivity contribution is 5.90. The molecule has 13 heavy (non-hydrogen) atoms. The maximum atomic E-state index is 10.8. The lowest BCUT2D eigenvalue weighted by Gasteiger charge is -2.17. The van der Waals surface area contributed by atoms with Gasteiger partial charge in [0.1, 0.15) is 5.69 Å². The van der Waals surface area contributed by atoms with Crippen LogP contribution in [0.15, 0.2) is 18.2 Å². The van der Waals surface area contributed by atoms with Gasteiger partial charge in [-0.1, -0.05) is 26.8 Å². The van der Waals surface area contributed by atoms with E-state index in [1.165, 1.54) is 0 Å². The molecule has 1 aromatic rings. The average molecular weight is 178 g/mol. The average Bonchev–Trinajstić information content (AvgIpc) is 2.03. The summed E-state index contributed by atoms with van der Waals surface area (Å²) in [7, 11) is 0. The first kappa shape index (κ1) is 9.71. The third-order valence-electron chi connectivity index (χ3n) is 1.77. The van der Waals surface area contributed by atoms with Gasteiger partial charge in [0.05, 0.1) is 0 Å². The molecule has 3 nitrogen and oxygen atoms in total. The van der Waals surface area contributed by atoms with Crippen molar-refractivity contribution in [2.75, 3.05) is 0 Å².